The molecule has 1 fully saturated rings. The van der Waals surface area contributed by atoms with E-state index in [4.69, 9.17) is 0 Å². The molecular weight excluding hydrogens is 222 g/mol. The van der Waals surface area contributed by atoms with Gasteiger partial charge in [0.2, 0.25) is 5.91 Å². The molecular formula is C11H17N3OS. The van der Waals surface area contributed by atoms with Crippen molar-refractivity contribution < 1.29 is 4.79 Å². The Morgan fingerprint density at radius 2 is 2.25 bits per heavy atom. The lowest BCUT2D eigenvalue weighted by Gasteiger charge is -2.31. The van der Waals surface area contributed by atoms with Crippen molar-refractivity contribution in [3.05, 3.63) is 11.6 Å². The number of amides is 1. The van der Waals surface area contributed by atoms with E-state index in [0.29, 0.717) is 5.13 Å². The average molecular weight is 239 g/mol. The van der Waals surface area contributed by atoms with E-state index < -0.39 is 0 Å². The fraction of sp³-hybridized carbons (Fsp3) is 0.636. The van der Waals surface area contributed by atoms with E-state index in [9.17, 15) is 4.79 Å². The Balaban J connectivity index is 1.88. The minimum absolute atomic E-state index is 0.0517. The Kier molecular flexibility index (Phi) is 3.90. The van der Waals surface area contributed by atoms with Crippen LogP contribution in [0, 0.1) is 0 Å². The van der Waals surface area contributed by atoms with Crippen molar-refractivity contribution in [3.63, 3.8) is 0 Å². The number of nitrogens with one attached hydrogen (secondary N) is 1. The minimum atomic E-state index is -0.0517. The molecule has 1 atom stereocenters. The molecule has 1 N–H and O–H groups in total. The number of rotatable bonds is 3. The molecule has 0 bridgehead atoms. The predicted octanol–water partition coefficient (Wildman–Crippen LogP) is 1.96. The van der Waals surface area contributed by atoms with Crippen molar-refractivity contribution in [3.8, 4) is 0 Å². The van der Waals surface area contributed by atoms with Crippen LogP contribution in [0.1, 0.15) is 26.2 Å². The molecule has 1 unspecified atom stereocenters. The predicted molar refractivity (Wildman–Crippen MR) is 65.6 cm³/mol. The van der Waals surface area contributed by atoms with Gasteiger partial charge in [0.15, 0.2) is 5.13 Å². The van der Waals surface area contributed by atoms with Gasteiger partial charge in [-0.05, 0) is 32.9 Å². The Morgan fingerprint density at radius 1 is 1.50 bits per heavy atom. The number of hydrogen-bond donors (Lipinski definition) is 1. The van der Waals surface area contributed by atoms with Crippen LogP contribution in [0.2, 0.25) is 0 Å². The molecule has 16 heavy (non-hydrogen) atoms. The summed E-state index contributed by atoms with van der Waals surface area (Å²) in [5.74, 6) is 0.0526. The first-order valence-electron chi connectivity index (χ1n) is 5.72. The zero-order valence-corrected chi connectivity index (χ0v) is 10.3. The monoisotopic (exact) mass is 239 g/mol. The van der Waals surface area contributed by atoms with Gasteiger partial charge in [-0.2, -0.15) is 0 Å². The van der Waals surface area contributed by atoms with Gasteiger partial charge >= 0.3 is 0 Å². The molecule has 1 aromatic rings. The van der Waals surface area contributed by atoms with Crippen molar-refractivity contribution in [2.24, 2.45) is 0 Å². The third kappa shape index (κ3) is 2.80. The number of nitrogens with zero attached hydrogens (tertiary/aromatic N) is 2. The van der Waals surface area contributed by atoms with Gasteiger partial charge in [0.1, 0.15) is 0 Å². The van der Waals surface area contributed by atoms with Crippen LogP contribution in [0.25, 0.3) is 0 Å². The SMILES string of the molecule is CC(C(=O)Nc1nccs1)N1CCCCC1. The third-order valence-corrected chi connectivity index (χ3v) is 3.67. The average Bonchev–Trinajstić information content (AvgIpc) is 2.82. The molecule has 1 amide bonds. The first kappa shape index (κ1) is 11.5. The van der Waals surface area contributed by atoms with Crippen molar-refractivity contribution in [2.75, 3.05) is 18.4 Å². The molecule has 4 nitrogen and oxygen atoms in total. The Bertz CT molecular complexity index is 333. The molecule has 0 aromatic carbocycles. The highest BCUT2D eigenvalue weighted by molar-refractivity contribution is 7.13. The number of aromatic nitrogens is 1. The first-order chi connectivity index (χ1) is 7.77. The smallest absolute Gasteiger partial charge is 0.243 e. The summed E-state index contributed by atoms with van der Waals surface area (Å²) in [6, 6.07) is -0.0517. The van der Waals surface area contributed by atoms with Crippen molar-refractivity contribution in [1.29, 1.82) is 0 Å². The maximum Gasteiger partial charge on any atom is 0.243 e. The highest BCUT2D eigenvalue weighted by Crippen LogP contribution is 2.15. The van der Waals surface area contributed by atoms with E-state index in [1.807, 2.05) is 12.3 Å². The van der Waals surface area contributed by atoms with E-state index in [1.54, 1.807) is 6.20 Å². The zero-order valence-electron chi connectivity index (χ0n) is 9.48. The molecule has 0 aliphatic carbocycles. The summed E-state index contributed by atoms with van der Waals surface area (Å²) in [7, 11) is 0. The van der Waals surface area contributed by atoms with Crippen LogP contribution in [0.15, 0.2) is 11.6 Å². The van der Waals surface area contributed by atoms with E-state index in [1.165, 1.54) is 30.6 Å². The molecule has 5 heteroatoms. The van der Waals surface area contributed by atoms with Crippen molar-refractivity contribution >= 4 is 22.4 Å². The van der Waals surface area contributed by atoms with Crippen LogP contribution < -0.4 is 5.32 Å². The lowest BCUT2D eigenvalue weighted by molar-refractivity contribution is -0.121. The number of carbonyl (C=O) groups excluding carboxylic acids is 1. The summed E-state index contributed by atoms with van der Waals surface area (Å²) in [6.45, 7) is 4.03. The van der Waals surface area contributed by atoms with E-state index in [0.717, 1.165) is 13.1 Å². The minimum Gasteiger partial charge on any atom is -0.301 e. The highest BCUT2D eigenvalue weighted by atomic mass is 32.1. The summed E-state index contributed by atoms with van der Waals surface area (Å²) in [5.41, 5.74) is 0. The van der Waals surface area contributed by atoms with Crippen LogP contribution in [0.3, 0.4) is 0 Å². The van der Waals surface area contributed by atoms with E-state index in [-0.39, 0.29) is 11.9 Å². The molecule has 2 rings (SSSR count). The maximum absolute atomic E-state index is 11.9. The number of likely N-dealkylation sites (tertiary alicyclic amines) is 1. The lowest BCUT2D eigenvalue weighted by Crippen LogP contribution is -2.44. The summed E-state index contributed by atoms with van der Waals surface area (Å²) in [4.78, 5) is 18.2. The fourth-order valence-electron chi connectivity index (χ4n) is 1.97. The van der Waals surface area contributed by atoms with Crippen molar-refractivity contribution in [1.82, 2.24) is 9.88 Å². The van der Waals surface area contributed by atoms with Gasteiger partial charge < -0.3 is 5.32 Å². The molecule has 1 aliphatic heterocycles. The molecule has 1 saturated heterocycles. The second-order valence-electron chi connectivity index (χ2n) is 4.10. The van der Waals surface area contributed by atoms with Gasteiger partial charge in [-0.25, -0.2) is 4.98 Å². The Hall–Kier alpha value is -0.940. The molecule has 2 heterocycles. The molecule has 0 radical (unpaired) electrons. The van der Waals surface area contributed by atoms with Gasteiger partial charge in [0.05, 0.1) is 6.04 Å². The maximum atomic E-state index is 11.9. The molecule has 0 saturated carbocycles. The number of thiazole rings is 1. The Morgan fingerprint density at radius 3 is 2.88 bits per heavy atom. The molecule has 88 valence electrons. The van der Waals surface area contributed by atoms with Crippen LogP contribution in [0.4, 0.5) is 5.13 Å². The zero-order chi connectivity index (χ0) is 11.4. The second kappa shape index (κ2) is 5.41. The van der Waals surface area contributed by atoms with Gasteiger partial charge in [-0.15, -0.1) is 11.3 Å². The summed E-state index contributed by atoms with van der Waals surface area (Å²) < 4.78 is 0. The largest absolute Gasteiger partial charge is 0.301 e. The highest BCUT2D eigenvalue weighted by Gasteiger charge is 2.23. The second-order valence-corrected chi connectivity index (χ2v) is 4.99. The first-order valence-corrected chi connectivity index (χ1v) is 6.60. The summed E-state index contributed by atoms with van der Waals surface area (Å²) >= 11 is 1.45. The van der Waals surface area contributed by atoms with Gasteiger partial charge in [-0.3, -0.25) is 9.69 Å². The fourth-order valence-corrected chi connectivity index (χ4v) is 2.50. The van der Waals surface area contributed by atoms with Crippen LogP contribution in [-0.2, 0) is 4.79 Å². The van der Waals surface area contributed by atoms with E-state index >= 15 is 0 Å². The summed E-state index contributed by atoms with van der Waals surface area (Å²) in [6.07, 6.45) is 5.40. The quantitative estimate of drug-likeness (QED) is 0.877. The Labute approximate surface area is 99.7 Å². The van der Waals surface area contributed by atoms with Gasteiger partial charge in [0.25, 0.3) is 0 Å². The lowest BCUT2D eigenvalue weighted by atomic mass is 10.1. The summed E-state index contributed by atoms with van der Waals surface area (Å²) in [5, 5.41) is 5.40. The number of hydrogen-bond acceptors (Lipinski definition) is 4. The molecule has 1 aliphatic rings. The van der Waals surface area contributed by atoms with Crippen molar-refractivity contribution in [2.45, 2.75) is 32.2 Å². The van der Waals surface area contributed by atoms with E-state index in [2.05, 4.69) is 15.2 Å². The van der Waals surface area contributed by atoms with Gasteiger partial charge in [0, 0.05) is 11.6 Å². The number of anilines is 1. The number of piperidine rings is 1. The normalized spacial score (nSPS) is 19.3. The van der Waals surface area contributed by atoms with Crippen LogP contribution in [-0.4, -0.2) is 34.9 Å². The van der Waals surface area contributed by atoms with Crippen LogP contribution in [0.5, 0.6) is 0 Å². The van der Waals surface area contributed by atoms with Gasteiger partial charge in [-0.1, -0.05) is 6.42 Å². The standard InChI is InChI=1S/C11H17N3OS/c1-9(14-6-3-2-4-7-14)10(15)13-11-12-5-8-16-11/h5,8-9H,2-4,6-7H2,1H3,(H,12,13,15). The molecule has 1 aromatic heterocycles. The van der Waals surface area contributed by atoms with Crippen LogP contribution >= 0.6 is 11.3 Å². The molecule has 0 spiro atoms. The topological polar surface area (TPSA) is 45.2 Å². The third-order valence-electron chi connectivity index (χ3n) is 2.98. The number of carbonyl (C=O) groups is 1.